The number of rotatable bonds is 5. The van der Waals surface area contributed by atoms with Gasteiger partial charge in [-0.05, 0) is 32.7 Å². The average Bonchev–Trinajstić information content (AvgIpc) is 2.70. The van der Waals surface area contributed by atoms with Crippen LogP contribution in [0.15, 0.2) is 0 Å². The Labute approximate surface area is 115 Å². The zero-order chi connectivity index (χ0) is 13.8. The summed E-state index contributed by atoms with van der Waals surface area (Å²) in [6.45, 7) is 6.08. The third kappa shape index (κ3) is 3.09. The van der Waals surface area contributed by atoms with E-state index in [1.54, 1.807) is 11.8 Å². The first kappa shape index (κ1) is 14.3. The van der Waals surface area contributed by atoms with Gasteiger partial charge in [-0.15, -0.1) is 0 Å². The van der Waals surface area contributed by atoms with Gasteiger partial charge < -0.3 is 14.8 Å². The van der Waals surface area contributed by atoms with E-state index in [1.165, 1.54) is 0 Å². The number of methoxy groups -OCH3 is 1. The maximum atomic E-state index is 5.94. The molecule has 1 aromatic rings. The van der Waals surface area contributed by atoms with Crippen LogP contribution in [-0.2, 0) is 11.8 Å². The van der Waals surface area contributed by atoms with Crippen molar-refractivity contribution < 1.29 is 9.47 Å². The van der Waals surface area contributed by atoms with E-state index in [1.807, 2.05) is 14.0 Å². The minimum absolute atomic E-state index is 0.0896. The van der Waals surface area contributed by atoms with Crippen molar-refractivity contribution in [3.05, 3.63) is 11.3 Å². The smallest absolute Gasteiger partial charge is 0.217 e. The van der Waals surface area contributed by atoms with Crippen molar-refractivity contribution in [2.24, 2.45) is 7.05 Å². The van der Waals surface area contributed by atoms with Crippen LogP contribution in [0.3, 0.4) is 0 Å². The standard InChI is InChI=1S/C14H25N3O2/c1-5-7-15-11-6-8-19-12(9-11)13-10(2)16-17(3)14(13)18-4/h11-12,15H,5-9H2,1-4H3. The molecule has 0 aliphatic carbocycles. The molecule has 1 fully saturated rings. The van der Waals surface area contributed by atoms with Crippen LogP contribution >= 0.6 is 0 Å². The molecule has 0 radical (unpaired) electrons. The van der Waals surface area contributed by atoms with Gasteiger partial charge in [0.25, 0.3) is 0 Å². The van der Waals surface area contributed by atoms with E-state index in [0.29, 0.717) is 6.04 Å². The number of ether oxygens (including phenoxy) is 2. The summed E-state index contributed by atoms with van der Waals surface area (Å²) in [7, 11) is 3.60. The SMILES string of the molecule is CCCNC1CCOC(c2c(C)nn(C)c2OC)C1. The zero-order valence-electron chi connectivity index (χ0n) is 12.4. The van der Waals surface area contributed by atoms with Gasteiger partial charge in [-0.25, -0.2) is 4.68 Å². The molecule has 2 rings (SSSR count). The van der Waals surface area contributed by atoms with Crippen molar-refractivity contribution in [2.75, 3.05) is 20.3 Å². The normalized spacial score (nSPS) is 23.6. The van der Waals surface area contributed by atoms with Crippen LogP contribution in [0, 0.1) is 6.92 Å². The molecule has 0 spiro atoms. The second-order valence-corrected chi connectivity index (χ2v) is 5.17. The predicted octanol–water partition coefficient (Wildman–Crippen LogP) is 1.96. The van der Waals surface area contributed by atoms with Gasteiger partial charge in [0.2, 0.25) is 5.88 Å². The van der Waals surface area contributed by atoms with Crippen LogP contribution in [0.5, 0.6) is 5.88 Å². The molecule has 1 aromatic heterocycles. The molecule has 0 aromatic carbocycles. The molecule has 1 aliphatic heterocycles. The van der Waals surface area contributed by atoms with Gasteiger partial charge in [0.1, 0.15) is 0 Å². The molecule has 0 amide bonds. The van der Waals surface area contributed by atoms with Gasteiger partial charge in [-0.2, -0.15) is 5.10 Å². The van der Waals surface area contributed by atoms with E-state index in [2.05, 4.69) is 17.3 Å². The van der Waals surface area contributed by atoms with Crippen molar-refractivity contribution in [3.8, 4) is 5.88 Å². The summed E-state index contributed by atoms with van der Waals surface area (Å²) < 4.78 is 13.2. The Bertz CT molecular complexity index is 417. The molecule has 108 valence electrons. The van der Waals surface area contributed by atoms with Gasteiger partial charge >= 0.3 is 0 Å². The molecule has 1 aliphatic rings. The third-order valence-electron chi connectivity index (χ3n) is 3.70. The van der Waals surface area contributed by atoms with Gasteiger partial charge in [0.15, 0.2) is 0 Å². The van der Waals surface area contributed by atoms with Crippen LogP contribution in [0.4, 0.5) is 0 Å². The number of nitrogens with zero attached hydrogens (tertiary/aromatic N) is 2. The Morgan fingerprint density at radius 2 is 2.32 bits per heavy atom. The fourth-order valence-corrected chi connectivity index (χ4v) is 2.80. The van der Waals surface area contributed by atoms with Crippen molar-refractivity contribution >= 4 is 0 Å². The molecule has 0 bridgehead atoms. The largest absolute Gasteiger partial charge is 0.481 e. The molecule has 0 saturated carbocycles. The highest BCUT2D eigenvalue weighted by atomic mass is 16.5. The zero-order valence-corrected chi connectivity index (χ0v) is 12.4. The Kier molecular flexibility index (Phi) is 4.82. The minimum atomic E-state index is 0.0896. The van der Waals surface area contributed by atoms with Gasteiger partial charge in [-0.1, -0.05) is 6.92 Å². The quantitative estimate of drug-likeness (QED) is 0.886. The summed E-state index contributed by atoms with van der Waals surface area (Å²) in [5.41, 5.74) is 2.11. The highest BCUT2D eigenvalue weighted by molar-refractivity contribution is 5.33. The topological polar surface area (TPSA) is 48.3 Å². The monoisotopic (exact) mass is 267 g/mol. The fourth-order valence-electron chi connectivity index (χ4n) is 2.80. The van der Waals surface area contributed by atoms with E-state index in [4.69, 9.17) is 9.47 Å². The number of aromatic nitrogens is 2. The first-order chi connectivity index (χ1) is 9.17. The lowest BCUT2D eigenvalue weighted by atomic mass is 9.97. The van der Waals surface area contributed by atoms with E-state index in [9.17, 15) is 0 Å². The van der Waals surface area contributed by atoms with Crippen LogP contribution in [-0.4, -0.2) is 36.1 Å². The fraction of sp³-hybridized carbons (Fsp3) is 0.786. The lowest BCUT2D eigenvalue weighted by Gasteiger charge is -2.30. The average molecular weight is 267 g/mol. The minimum Gasteiger partial charge on any atom is -0.481 e. The predicted molar refractivity (Wildman–Crippen MR) is 74.5 cm³/mol. The van der Waals surface area contributed by atoms with E-state index < -0.39 is 0 Å². The van der Waals surface area contributed by atoms with Gasteiger partial charge in [0, 0.05) is 19.7 Å². The second-order valence-electron chi connectivity index (χ2n) is 5.17. The maximum Gasteiger partial charge on any atom is 0.217 e. The van der Waals surface area contributed by atoms with E-state index >= 15 is 0 Å². The molecular weight excluding hydrogens is 242 g/mol. The Hall–Kier alpha value is -1.07. The van der Waals surface area contributed by atoms with Crippen LogP contribution in [0.25, 0.3) is 0 Å². The number of hydrogen-bond acceptors (Lipinski definition) is 4. The molecule has 19 heavy (non-hydrogen) atoms. The van der Waals surface area contributed by atoms with Gasteiger partial charge in [0.05, 0.1) is 24.5 Å². The van der Waals surface area contributed by atoms with Crippen LogP contribution in [0.2, 0.25) is 0 Å². The molecule has 2 heterocycles. The summed E-state index contributed by atoms with van der Waals surface area (Å²) in [4.78, 5) is 0. The molecule has 5 nitrogen and oxygen atoms in total. The molecule has 5 heteroatoms. The lowest BCUT2D eigenvalue weighted by molar-refractivity contribution is -0.00131. The summed E-state index contributed by atoms with van der Waals surface area (Å²) in [5, 5.41) is 8.02. The maximum absolute atomic E-state index is 5.94. The Morgan fingerprint density at radius 1 is 1.53 bits per heavy atom. The van der Waals surface area contributed by atoms with Crippen molar-refractivity contribution in [2.45, 2.75) is 45.3 Å². The van der Waals surface area contributed by atoms with Crippen molar-refractivity contribution in [1.29, 1.82) is 0 Å². The number of aryl methyl sites for hydroxylation is 2. The van der Waals surface area contributed by atoms with Crippen molar-refractivity contribution in [1.82, 2.24) is 15.1 Å². The number of nitrogens with one attached hydrogen (secondary N) is 1. The lowest BCUT2D eigenvalue weighted by Crippen LogP contribution is -2.36. The highest BCUT2D eigenvalue weighted by Crippen LogP contribution is 2.35. The summed E-state index contributed by atoms with van der Waals surface area (Å²) >= 11 is 0. The highest BCUT2D eigenvalue weighted by Gasteiger charge is 2.29. The third-order valence-corrected chi connectivity index (χ3v) is 3.70. The molecule has 2 atom stereocenters. The van der Waals surface area contributed by atoms with E-state index in [-0.39, 0.29) is 6.10 Å². The Balaban J connectivity index is 2.12. The summed E-state index contributed by atoms with van der Waals surface area (Å²) in [6.07, 6.45) is 3.32. The molecular formula is C14H25N3O2. The van der Waals surface area contributed by atoms with Crippen LogP contribution < -0.4 is 10.1 Å². The summed E-state index contributed by atoms with van der Waals surface area (Å²) in [6, 6.07) is 0.531. The van der Waals surface area contributed by atoms with Crippen molar-refractivity contribution in [3.63, 3.8) is 0 Å². The first-order valence-corrected chi connectivity index (χ1v) is 7.09. The second kappa shape index (κ2) is 6.39. The molecule has 2 unspecified atom stereocenters. The van der Waals surface area contributed by atoms with Gasteiger partial charge in [-0.3, -0.25) is 0 Å². The molecule has 1 N–H and O–H groups in total. The van der Waals surface area contributed by atoms with Crippen LogP contribution in [0.1, 0.15) is 43.5 Å². The Morgan fingerprint density at radius 3 is 3.00 bits per heavy atom. The molecule has 1 saturated heterocycles. The number of hydrogen-bond donors (Lipinski definition) is 1. The van der Waals surface area contributed by atoms with E-state index in [0.717, 1.165) is 49.6 Å². The summed E-state index contributed by atoms with van der Waals surface area (Å²) in [5.74, 6) is 0.818. The first-order valence-electron chi connectivity index (χ1n) is 7.09.